The minimum absolute atomic E-state index is 0.0941. The number of benzene rings is 2. The van der Waals surface area contributed by atoms with Crippen LogP contribution in [0, 0.1) is 24.8 Å². The number of aryl methyl sites for hydroxylation is 1. The maximum atomic E-state index is 13.6. The summed E-state index contributed by atoms with van der Waals surface area (Å²) >= 11 is 0. The van der Waals surface area contributed by atoms with Gasteiger partial charge < -0.3 is 24.4 Å². The minimum Gasteiger partial charge on any atom is -0.371 e. The molecule has 306 valence electrons. The van der Waals surface area contributed by atoms with Crippen molar-refractivity contribution in [2.75, 3.05) is 86.7 Å². The molecule has 14 heteroatoms. The van der Waals surface area contributed by atoms with Gasteiger partial charge in [-0.25, -0.2) is 0 Å². The van der Waals surface area contributed by atoms with Crippen LogP contribution in [0.15, 0.2) is 54.7 Å². The molecule has 1 N–H and O–H groups in total. The number of piperidine rings is 3. The quantitative estimate of drug-likeness (QED) is 0.269. The van der Waals surface area contributed by atoms with Crippen LogP contribution in [-0.2, 0) is 9.59 Å². The fourth-order valence-electron chi connectivity index (χ4n) is 10.2. The third-order valence-corrected chi connectivity index (χ3v) is 13.8. The summed E-state index contributed by atoms with van der Waals surface area (Å²) in [6.07, 6.45) is 7.53. The highest BCUT2D eigenvalue weighted by molar-refractivity contribution is 6.23. The van der Waals surface area contributed by atoms with Gasteiger partial charge in [0.2, 0.25) is 11.8 Å². The SMILES string of the molecule is [C-]#[N+]c1ncc(N2CCC3(CCN(c4ccc(C(=O)N5CCN(CC6CCN(c7ccc8c(c7)C(=O)N(C7CCC(=O)NC7=O)C8=O)CC6)CC5)cc4)CC3)C2)cc1C. The molecule has 1 unspecified atom stereocenters. The molecular weight excluding hydrogens is 747 g/mol. The number of carbonyl (C=O) groups is 5. The Bertz CT molecular complexity index is 2210. The molecule has 14 nitrogen and oxygen atoms in total. The van der Waals surface area contributed by atoms with Crippen LogP contribution < -0.4 is 20.0 Å². The molecule has 0 bridgehead atoms. The van der Waals surface area contributed by atoms with Crippen molar-refractivity contribution < 1.29 is 24.0 Å². The number of piperazine rings is 1. The van der Waals surface area contributed by atoms with E-state index < -0.39 is 23.8 Å². The topological polar surface area (TPSA) is 134 Å². The Morgan fingerprint density at radius 3 is 2.12 bits per heavy atom. The molecule has 59 heavy (non-hydrogen) atoms. The molecule has 5 fully saturated rings. The molecule has 1 atom stereocenters. The summed E-state index contributed by atoms with van der Waals surface area (Å²) in [7, 11) is 0. The van der Waals surface area contributed by atoms with E-state index in [1.54, 1.807) is 12.1 Å². The van der Waals surface area contributed by atoms with Gasteiger partial charge in [0.25, 0.3) is 23.5 Å². The zero-order valence-corrected chi connectivity index (χ0v) is 33.7. The van der Waals surface area contributed by atoms with Crippen molar-refractivity contribution in [3.63, 3.8) is 0 Å². The largest absolute Gasteiger partial charge is 0.371 e. The lowest BCUT2D eigenvalue weighted by atomic mass is 9.77. The Hall–Kier alpha value is -5.81. The zero-order chi connectivity index (χ0) is 40.8. The first-order valence-corrected chi connectivity index (χ1v) is 21.1. The predicted molar refractivity (Wildman–Crippen MR) is 223 cm³/mol. The van der Waals surface area contributed by atoms with Crippen molar-refractivity contribution >= 4 is 52.4 Å². The van der Waals surface area contributed by atoms with Gasteiger partial charge in [-0.15, -0.1) is 4.98 Å². The summed E-state index contributed by atoms with van der Waals surface area (Å²) in [5.74, 6) is -0.855. The van der Waals surface area contributed by atoms with Crippen LogP contribution in [0.5, 0.6) is 0 Å². The average Bonchev–Trinajstić information content (AvgIpc) is 3.78. The molecule has 6 aliphatic heterocycles. The molecule has 5 amide bonds. The first kappa shape index (κ1) is 38.7. The number of amides is 5. The second-order valence-corrected chi connectivity index (χ2v) is 17.4. The third-order valence-electron chi connectivity index (χ3n) is 13.8. The normalized spacial score (nSPS) is 22.6. The van der Waals surface area contributed by atoms with Crippen molar-refractivity contribution in [1.82, 2.24) is 25.0 Å². The summed E-state index contributed by atoms with van der Waals surface area (Å²) in [6, 6.07) is 14.7. The first-order valence-electron chi connectivity index (χ1n) is 21.1. The summed E-state index contributed by atoms with van der Waals surface area (Å²) in [6.45, 7) is 19.1. The van der Waals surface area contributed by atoms with Crippen LogP contribution in [-0.4, -0.2) is 127 Å². The summed E-state index contributed by atoms with van der Waals surface area (Å²) in [5.41, 5.74) is 5.77. The fraction of sp³-hybridized carbons (Fsp3) is 0.489. The Morgan fingerprint density at radius 2 is 1.44 bits per heavy atom. The average molecular weight is 798 g/mol. The highest BCUT2D eigenvalue weighted by Gasteiger charge is 2.45. The van der Waals surface area contributed by atoms with E-state index in [1.165, 1.54) is 12.1 Å². The van der Waals surface area contributed by atoms with Crippen molar-refractivity contribution in [2.24, 2.45) is 11.3 Å². The number of fused-ring (bicyclic) bond motifs is 1. The zero-order valence-electron chi connectivity index (χ0n) is 33.7. The Morgan fingerprint density at radius 1 is 0.780 bits per heavy atom. The number of imide groups is 2. The Balaban J connectivity index is 0.712. The molecule has 0 aliphatic carbocycles. The second kappa shape index (κ2) is 15.7. The molecule has 7 heterocycles. The number of aromatic nitrogens is 1. The van der Waals surface area contributed by atoms with Gasteiger partial charge in [0.15, 0.2) is 0 Å². The van der Waals surface area contributed by atoms with E-state index in [4.69, 9.17) is 6.57 Å². The Kier molecular flexibility index (Phi) is 10.3. The van der Waals surface area contributed by atoms with Crippen molar-refractivity contribution in [3.05, 3.63) is 88.4 Å². The first-order chi connectivity index (χ1) is 28.6. The van der Waals surface area contributed by atoms with Crippen LogP contribution in [0.2, 0.25) is 0 Å². The van der Waals surface area contributed by atoms with Crippen LogP contribution in [0.3, 0.4) is 0 Å². The lowest BCUT2D eigenvalue weighted by Gasteiger charge is -2.40. The lowest BCUT2D eigenvalue weighted by molar-refractivity contribution is -0.136. The van der Waals surface area contributed by atoms with E-state index in [2.05, 4.69) is 52.9 Å². The fourth-order valence-corrected chi connectivity index (χ4v) is 10.2. The number of anilines is 3. The highest BCUT2D eigenvalue weighted by atomic mass is 16.2. The molecule has 6 aliphatic rings. The van der Waals surface area contributed by atoms with E-state index in [9.17, 15) is 24.0 Å². The number of pyridine rings is 1. The van der Waals surface area contributed by atoms with Crippen LogP contribution >= 0.6 is 0 Å². The van der Waals surface area contributed by atoms with Crippen LogP contribution in [0.1, 0.15) is 81.6 Å². The smallest absolute Gasteiger partial charge is 0.272 e. The standard InChI is InChI=1S/C45H51N9O5/c1-30-25-35(27-47-40(30)46-2)53-20-15-45(29-53)13-18-51(19-14-45)33-5-3-32(4-6-33)42(57)52-23-21-49(22-24-52)28-31-11-16-50(17-12-31)34-7-8-36-37(26-34)44(59)54(43(36)58)38-9-10-39(55)48-41(38)56/h3-8,25-27,31,38H,9-24,28-29H2,1H3,(H,48,55,56). The number of hydrogen-bond acceptors (Lipinski definition) is 10. The number of nitrogens with one attached hydrogen (secondary N) is 1. The number of carbonyl (C=O) groups excluding carboxylic acids is 5. The minimum atomic E-state index is -0.970. The Labute approximate surface area is 344 Å². The molecule has 9 rings (SSSR count). The van der Waals surface area contributed by atoms with Crippen LogP contribution in [0.4, 0.5) is 22.9 Å². The summed E-state index contributed by atoms with van der Waals surface area (Å²) < 4.78 is 0. The predicted octanol–water partition coefficient (Wildman–Crippen LogP) is 4.51. The summed E-state index contributed by atoms with van der Waals surface area (Å²) in [5, 5.41) is 2.25. The van der Waals surface area contributed by atoms with Gasteiger partial charge in [0.05, 0.1) is 16.8 Å². The van der Waals surface area contributed by atoms with Gasteiger partial charge in [-0.05, 0) is 111 Å². The van der Waals surface area contributed by atoms with E-state index >= 15 is 0 Å². The van der Waals surface area contributed by atoms with E-state index in [-0.39, 0.29) is 24.7 Å². The monoisotopic (exact) mass is 797 g/mol. The maximum absolute atomic E-state index is 13.6. The molecule has 3 aromatic rings. The third kappa shape index (κ3) is 7.52. The second-order valence-electron chi connectivity index (χ2n) is 17.4. The summed E-state index contributed by atoms with van der Waals surface area (Å²) in [4.78, 5) is 84.6. The number of nitrogens with zero attached hydrogens (tertiary/aromatic N) is 8. The van der Waals surface area contributed by atoms with Gasteiger partial charge in [0, 0.05) is 95.4 Å². The lowest BCUT2D eigenvalue weighted by Crippen LogP contribution is -2.54. The molecule has 0 radical (unpaired) electrons. The molecule has 2 aromatic carbocycles. The highest BCUT2D eigenvalue weighted by Crippen LogP contribution is 2.43. The van der Waals surface area contributed by atoms with Gasteiger partial charge in [-0.3, -0.25) is 39.1 Å². The van der Waals surface area contributed by atoms with E-state index in [0.29, 0.717) is 41.4 Å². The van der Waals surface area contributed by atoms with Gasteiger partial charge >= 0.3 is 0 Å². The van der Waals surface area contributed by atoms with E-state index in [0.717, 1.165) is 112 Å². The van der Waals surface area contributed by atoms with Gasteiger partial charge in [-0.1, -0.05) is 6.57 Å². The van der Waals surface area contributed by atoms with E-state index in [1.807, 2.05) is 36.2 Å². The number of rotatable bonds is 7. The van der Waals surface area contributed by atoms with Crippen molar-refractivity contribution in [2.45, 2.75) is 57.9 Å². The van der Waals surface area contributed by atoms with Gasteiger partial charge in [-0.2, -0.15) is 0 Å². The van der Waals surface area contributed by atoms with Gasteiger partial charge in [0.1, 0.15) is 12.2 Å². The maximum Gasteiger partial charge on any atom is 0.272 e. The molecule has 0 saturated carbocycles. The van der Waals surface area contributed by atoms with Crippen molar-refractivity contribution in [1.29, 1.82) is 0 Å². The number of hydrogen-bond donors (Lipinski definition) is 1. The van der Waals surface area contributed by atoms with Crippen LogP contribution in [0.25, 0.3) is 4.85 Å². The molecular formula is C45H51N9O5. The van der Waals surface area contributed by atoms with Crippen molar-refractivity contribution in [3.8, 4) is 0 Å². The molecule has 5 saturated heterocycles. The molecule has 1 aromatic heterocycles. The molecule has 1 spiro atoms.